The topological polar surface area (TPSA) is 79.8 Å². The number of carbonyl (C=O) groups excluding carboxylic acids is 1. The minimum absolute atomic E-state index is 0.0417. The Morgan fingerprint density at radius 2 is 1.69 bits per heavy atom. The van der Waals surface area contributed by atoms with Crippen LogP contribution in [0.3, 0.4) is 0 Å². The van der Waals surface area contributed by atoms with Crippen LogP contribution >= 0.6 is 0 Å². The average molecular weight is 428 g/mol. The number of likely N-dealkylation sites (tertiary alicyclic amines) is 1. The lowest BCUT2D eigenvalue weighted by Crippen LogP contribution is -2.49. The molecule has 5 rings (SSSR count). The molecule has 1 saturated heterocycles. The third-order valence-corrected chi connectivity index (χ3v) is 6.21. The summed E-state index contributed by atoms with van der Waals surface area (Å²) >= 11 is 0. The van der Waals surface area contributed by atoms with Gasteiger partial charge in [-0.05, 0) is 42.2 Å². The smallest absolute Gasteiger partial charge is 0.277 e. The van der Waals surface area contributed by atoms with Gasteiger partial charge in [-0.25, -0.2) is 4.52 Å². The van der Waals surface area contributed by atoms with E-state index >= 15 is 0 Å². The van der Waals surface area contributed by atoms with Gasteiger partial charge in [0, 0.05) is 24.8 Å². The first kappa shape index (κ1) is 20.2. The van der Waals surface area contributed by atoms with Crippen molar-refractivity contribution < 1.29 is 9.90 Å². The van der Waals surface area contributed by atoms with Crippen molar-refractivity contribution in [1.29, 1.82) is 0 Å². The molecule has 7 heteroatoms. The van der Waals surface area contributed by atoms with E-state index in [0.29, 0.717) is 37.0 Å². The Labute approximate surface area is 185 Å². The summed E-state index contributed by atoms with van der Waals surface area (Å²) in [6.07, 6.45) is 3.96. The Morgan fingerprint density at radius 3 is 2.47 bits per heavy atom. The van der Waals surface area contributed by atoms with Crippen LogP contribution in [0.15, 0.2) is 84.0 Å². The monoisotopic (exact) mass is 428 g/mol. The van der Waals surface area contributed by atoms with Crippen LogP contribution in [0.4, 0.5) is 0 Å². The van der Waals surface area contributed by atoms with E-state index in [9.17, 15) is 14.7 Å². The first-order valence-corrected chi connectivity index (χ1v) is 10.7. The van der Waals surface area contributed by atoms with Crippen LogP contribution in [0.25, 0.3) is 16.6 Å². The van der Waals surface area contributed by atoms with Crippen molar-refractivity contribution in [2.45, 2.75) is 25.0 Å². The SMILES string of the molecule is O=C(c1ccccc1-c1ccccc1)N1CCC(O)(Cn2cnn3cccc3c2=O)CC1. The van der Waals surface area contributed by atoms with E-state index in [-0.39, 0.29) is 18.0 Å². The molecule has 0 spiro atoms. The molecule has 3 heterocycles. The Balaban J connectivity index is 1.32. The molecule has 7 nitrogen and oxygen atoms in total. The number of hydrogen-bond acceptors (Lipinski definition) is 4. The molecule has 1 aliphatic rings. The highest BCUT2D eigenvalue weighted by Crippen LogP contribution is 2.28. The molecule has 4 aromatic rings. The number of benzene rings is 2. The number of nitrogens with zero attached hydrogens (tertiary/aromatic N) is 4. The van der Waals surface area contributed by atoms with Crippen molar-refractivity contribution in [1.82, 2.24) is 19.1 Å². The minimum Gasteiger partial charge on any atom is -0.388 e. The van der Waals surface area contributed by atoms with E-state index in [1.54, 1.807) is 23.2 Å². The van der Waals surface area contributed by atoms with Gasteiger partial charge in [-0.2, -0.15) is 5.10 Å². The van der Waals surface area contributed by atoms with E-state index in [1.165, 1.54) is 15.4 Å². The molecular formula is C25H24N4O3. The summed E-state index contributed by atoms with van der Waals surface area (Å²) in [7, 11) is 0. The van der Waals surface area contributed by atoms with Crippen molar-refractivity contribution in [3.63, 3.8) is 0 Å². The van der Waals surface area contributed by atoms with Crippen LogP contribution in [-0.4, -0.2) is 48.8 Å². The van der Waals surface area contributed by atoms with E-state index in [0.717, 1.165) is 11.1 Å². The van der Waals surface area contributed by atoms with Gasteiger partial charge < -0.3 is 10.0 Å². The predicted molar refractivity (Wildman–Crippen MR) is 121 cm³/mol. The van der Waals surface area contributed by atoms with E-state index in [1.807, 2.05) is 54.6 Å². The van der Waals surface area contributed by atoms with Crippen molar-refractivity contribution >= 4 is 11.4 Å². The zero-order valence-electron chi connectivity index (χ0n) is 17.6. The molecule has 0 bridgehead atoms. The summed E-state index contributed by atoms with van der Waals surface area (Å²) in [6, 6.07) is 20.9. The van der Waals surface area contributed by atoms with Crippen LogP contribution in [0, 0.1) is 0 Å². The zero-order valence-corrected chi connectivity index (χ0v) is 17.6. The molecule has 0 unspecified atom stereocenters. The highest BCUT2D eigenvalue weighted by Gasteiger charge is 2.35. The summed E-state index contributed by atoms with van der Waals surface area (Å²) in [4.78, 5) is 27.8. The molecular weight excluding hydrogens is 404 g/mol. The summed E-state index contributed by atoms with van der Waals surface area (Å²) in [5.74, 6) is -0.0417. The lowest BCUT2D eigenvalue weighted by Gasteiger charge is -2.38. The van der Waals surface area contributed by atoms with Gasteiger partial charge in [0.15, 0.2) is 0 Å². The second-order valence-electron chi connectivity index (χ2n) is 8.33. The number of carbonyl (C=O) groups is 1. The summed E-state index contributed by atoms with van der Waals surface area (Å²) in [5.41, 5.74) is 1.78. The molecule has 1 aliphatic heterocycles. The standard InChI is InChI=1S/C25H24N4O3/c30-23(21-10-5-4-9-20(21)19-7-2-1-3-8-19)27-15-12-25(32,13-16-27)17-28-18-26-29-14-6-11-22(29)24(28)31/h1-11,14,18,32H,12-13,15-17H2. The second kappa shape index (κ2) is 8.09. The lowest BCUT2D eigenvalue weighted by molar-refractivity contribution is -0.0300. The van der Waals surface area contributed by atoms with Gasteiger partial charge in [0.2, 0.25) is 0 Å². The molecule has 1 N–H and O–H groups in total. The third-order valence-electron chi connectivity index (χ3n) is 6.21. The first-order valence-electron chi connectivity index (χ1n) is 10.7. The molecule has 162 valence electrons. The molecule has 32 heavy (non-hydrogen) atoms. The lowest BCUT2D eigenvalue weighted by atomic mass is 9.90. The Hall–Kier alpha value is -3.71. The molecule has 0 saturated carbocycles. The third kappa shape index (κ3) is 3.71. The van der Waals surface area contributed by atoms with Gasteiger partial charge in [0.1, 0.15) is 11.8 Å². The fraction of sp³-hybridized carbons (Fsp3) is 0.240. The second-order valence-corrected chi connectivity index (χ2v) is 8.33. The molecule has 1 amide bonds. The number of piperidine rings is 1. The van der Waals surface area contributed by atoms with Gasteiger partial charge in [0.05, 0.1) is 12.1 Å². The summed E-state index contributed by atoms with van der Waals surface area (Å²) in [6.45, 7) is 1.01. The van der Waals surface area contributed by atoms with Crippen LogP contribution < -0.4 is 5.56 Å². The van der Waals surface area contributed by atoms with Crippen LogP contribution in [-0.2, 0) is 6.54 Å². The quantitative estimate of drug-likeness (QED) is 0.542. The number of hydrogen-bond donors (Lipinski definition) is 1. The molecule has 0 aliphatic carbocycles. The molecule has 1 fully saturated rings. The van der Waals surface area contributed by atoms with Gasteiger partial charge in [-0.15, -0.1) is 0 Å². The number of rotatable bonds is 4. The maximum Gasteiger partial charge on any atom is 0.277 e. The minimum atomic E-state index is -1.06. The maximum atomic E-state index is 13.3. The normalized spacial score (nSPS) is 15.7. The van der Waals surface area contributed by atoms with Gasteiger partial charge in [-0.1, -0.05) is 48.5 Å². The van der Waals surface area contributed by atoms with Crippen molar-refractivity contribution in [2.75, 3.05) is 13.1 Å². The summed E-state index contributed by atoms with van der Waals surface area (Å²) in [5, 5.41) is 15.4. The van der Waals surface area contributed by atoms with Crippen LogP contribution in [0.1, 0.15) is 23.2 Å². The molecule has 2 aromatic carbocycles. The van der Waals surface area contributed by atoms with Crippen molar-refractivity contribution in [3.8, 4) is 11.1 Å². The molecule has 2 aromatic heterocycles. The van der Waals surface area contributed by atoms with Gasteiger partial charge in [-0.3, -0.25) is 14.2 Å². The van der Waals surface area contributed by atoms with Crippen LogP contribution in [0.5, 0.6) is 0 Å². The van der Waals surface area contributed by atoms with E-state index in [2.05, 4.69) is 5.10 Å². The Morgan fingerprint density at radius 1 is 0.969 bits per heavy atom. The highest BCUT2D eigenvalue weighted by atomic mass is 16.3. The maximum absolute atomic E-state index is 13.3. The fourth-order valence-electron chi connectivity index (χ4n) is 4.38. The number of aromatic nitrogens is 3. The average Bonchev–Trinajstić information content (AvgIpc) is 3.31. The number of amides is 1. The van der Waals surface area contributed by atoms with Gasteiger partial charge >= 0.3 is 0 Å². The summed E-state index contributed by atoms with van der Waals surface area (Å²) < 4.78 is 2.98. The van der Waals surface area contributed by atoms with Gasteiger partial charge in [0.25, 0.3) is 11.5 Å². The fourth-order valence-corrected chi connectivity index (χ4v) is 4.38. The van der Waals surface area contributed by atoms with E-state index in [4.69, 9.17) is 0 Å². The molecule has 0 atom stereocenters. The predicted octanol–water partition coefficient (Wildman–Crippen LogP) is 2.83. The van der Waals surface area contributed by atoms with Crippen LogP contribution in [0.2, 0.25) is 0 Å². The van der Waals surface area contributed by atoms with E-state index < -0.39 is 5.60 Å². The highest BCUT2D eigenvalue weighted by molar-refractivity contribution is 6.00. The largest absolute Gasteiger partial charge is 0.388 e. The van der Waals surface area contributed by atoms with Crippen molar-refractivity contribution in [3.05, 3.63) is 95.2 Å². The Bertz CT molecular complexity index is 1320. The molecule has 0 radical (unpaired) electrons. The zero-order chi connectivity index (χ0) is 22.1. The first-order chi connectivity index (χ1) is 15.5. The number of fused-ring (bicyclic) bond motifs is 1. The Kier molecular flexibility index (Phi) is 5.11. The van der Waals surface area contributed by atoms with Crippen molar-refractivity contribution in [2.24, 2.45) is 0 Å². The number of aliphatic hydroxyl groups is 1.